The van der Waals surface area contributed by atoms with Crippen LogP contribution in [0.3, 0.4) is 0 Å². The van der Waals surface area contributed by atoms with Crippen molar-refractivity contribution in [1.29, 1.82) is 0 Å². The number of hydrogen-bond donors (Lipinski definition) is 2. The van der Waals surface area contributed by atoms with Gasteiger partial charge in [-0.15, -0.1) is 12.4 Å². The number of anilines is 1. The summed E-state index contributed by atoms with van der Waals surface area (Å²) in [5, 5.41) is 2.60. The summed E-state index contributed by atoms with van der Waals surface area (Å²) in [6.07, 6.45) is -1.45. The Balaban J connectivity index is 0.00000243. The van der Waals surface area contributed by atoms with E-state index in [2.05, 4.69) is 26.2 Å². The third-order valence-electron chi connectivity index (χ3n) is 3.69. The molecule has 0 saturated heterocycles. The van der Waals surface area contributed by atoms with Crippen LogP contribution in [-0.4, -0.2) is 31.4 Å². The maximum Gasteiger partial charge on any atom is 0.291 e. The van der Waals surface area contributed by atoms with Crippen molar-refractivity contribution in [1.82, 2.24) is 0 Å². The second-order valence-corrected chi connectivity index (χ2v) is 6.40. The molecule has 1 aromatic carbocycles. The highest BCUT2D eigenvalue weighted by Gasteiger charge is 2.44. The molecule has 1 amide bonds. The number of alkyl halides is 2. The standard InChI is InChI=1S/C16H14BrF2N3O3.ClH/c17-10-5-12(25-6-10)14(23)21-11-3-1-2-9(4-11)16(15(18)19)8-24-7-13(20)22-16;/h1-6,15H,7-8H2,(H2,20,22)(H,21,23);1H. The van der Waals surface area contributed by atoms with Crippen molar-refractivity contribution in [2.45, 2.75) is 12.0 Å². The van der Waals surface area contributed by atoms with E-state index in [-0.39, 0.29) is 42.8 Å². The molecule has 1 unspecified atom stereocenters. The molecule has 2 heterocycles. The van der Waals surface area contributed by atoms with E-state index in [1.165, 1.54) is 24.5 Å². The minimum absolute atomic E-state index is 0. The molecule has 1 aliphatic heterocycles. The lowest BCUT2D eigenvalue weighted by Crippen LogP contribution is -2.44. The molecule has 1 atom stereocenters. The molecule has 6 nitrogen and oxygen atoms in total. The van der Waals surface area contributed by atoms with Crippen LogP contribution in [-0.2, 0) is 10.3 Å². The molecule has 26 heavy (non-hydrogen) atoms. The molecule has 0 saturated carbocycles. The molecule has 0 spiro atoms. The fourth-order valence-electron chi connectivity index (χ4n) is 2.51. The smallest absolute Gasteiger partial charge is 0.291 e. The van der Waals surface area contributed by atoms with Gasteiger partial charge in [0.1, 0.15) is 18.7 Å². The van der Waals surface area contributed by atoms with Crippen molar-refractivity contribution < 1.29 is 22.7 Å². The van der Waals surface area contributed by atoms with E-state index in [0.717, 1.165) is 0 Å². The van der Waals surface area contributed by atoms with Crippen molar-refractivity contribution in [3.05, 3.63) is 52.4 Å². The minimum Gasteiger partial charge on any atom is -0.458 e. The van der Waals surface area contributed by atoms with Gasteiger partial charge in [0, 0.05) is 11.8 Å². The lowest BCUT2D eigenvalue weighted by molar-refractivity contribution is -0.0129. The first-order valence-electron chi connectivity index (χ1n) is 7.27. The van der Waals surface area contributed by atoms with Gasteiger partial charge in [0.05, 0.1) is 11.1 Å². The number of carbonyl (C=O) groups excluding carboxylic acids is 1. The summed E-state index contributed by atoms with van der Waals surface area (Å²) in [5.74, 6) is -0.414. The van der Waals surface area contributed by atoms with Gasteiger partial charge >= 0.3 is 0 Å². The van der Waals surface area contributed by atoms with Crippen LogP contribution in [0.5, 0.6) is 0 Å². The number of nitrogens with one attached hydrogen (secondary N) is 1. The monoisotopic (exact) mass is 449 g/mol. The number of benzene rings is 1. The number of rotatable bonds is 4. The Morgan fingerprint density at radius 3 is 2.77 bits per heavy atom. The fourth-order valence-corrected chi connectivity index (χ4v) is 2.81. The number of amidine groups is 1. The Morgan fingerprint density at radius 1 is 1.38 bits per heavy atom. The Labute approximate surface area is 162 Å². The number of halogens is 4. The summed E-state index contributed by atoms with van der Waals surface area (Å²) in [6.45, 7) is -0.286. The first kappa shape index (κ1) is 20.3. The molecule has 1 aliphatic rings. The molecule has 0 aliphatic carbocycles. The van der Waals surface area contributed by atoms with E-state index in [1.807, 2.05) is 0 Å². The van der Waals surface area contributed by atoms with Gasteiger partial charge in [0.15, 0.2) is 11.3 Å². The zero-order valence-electron chi connectivity index (χ0n) is 13.2. The first-order valence-corrected chi connectivity index (χ1v) is 8.06. The molecule has 140 valence electrons. The highest BCUT2D eigenvalue weighted by atomic mass is 79.9. The van der Waals surface area contributed by atoms with Gasteiger partial charge in [0.25, 0.3) is 12.3 Å². The van der Waals surface area contributed by atoms with Gasteiger partial charge in [-0.1, -0.05) is 12.1 Å². The summed E-state index contributed by atoms with van der Waals surface area (Å²) in [6, 6.07) is 7.55. The van der Waals surface area contributed by atoms with E-state index in [0.29, 0.717) is 10.2 Å². The van der Waals surface area contributed by atoms with Crippen molar-refractivity contribution in [2.75, 3.05) is 18.5 Å². The van der Waals surface area contributed by atoms with E-state index >= 15 is 0 Å². The number of amides is 1. The Bertz CT molecular complexity index is 831. The maximum absolute atomic E-state index is 13.7. The van der Waals surface area contributed by atoms with Crippen LogP contribution < -0.4 is 11.1 Å². The highest BCUT2D eigenvalue weighted by molar-refractivity contribution is 9.10. The number of hydrogen-bond acceptors (Lipinski definition) is 5. The normalized spacial score (nSPS) is 19.6. The van der Waals surface area contributed by atoms with Crippen LogP contribution >= 0.6 is 28.3 Å². The summed E-state index contributed by atoms with van der Waals surface area (Å²) in [5.41, 5.74) is 4.22. The van der Waals surface area contributed by atoms with Crippen molar-refractivity contribution in [3.8, 4) is 0 Å². The van der Waals surface area contributed by atoms with Gasteiger partial charge < -0.3 is 20.2 Å². The van der Waals surface area contributed by atoms with E-state index < -0.39 is 17.9 Å². The quantitative estimate of drug-likeness (QED) is 0.745. The predicted octanol–water partition coefficient (Wildman–Crippen LogP) is 3.56. The topological polar surface area (TPSA) is 89.8 Å². The molecule has 10 heteroatoms. The van der Waals surface area contributed by atoms with Crippen LogP contribution in [0.2, 0.25) is 0 Å². The highest BCUT2D eigenvalue weighted by Crippen LogP contribution is 2.36. The van der Waals surface area contributed by atoms with Crippen molar-refractivity contribution >= 4 is 45.8 Å². The third kappa shape index (κ3) is 4.05. The van der Waals surface area contributed by atoms with Gasteiger partial charge in [0.2, 0.25) is 0 Å². The van der Waals surface area contributed by atoms with Gasteiger partial charge in [-0.25, -0.2) is 8.78 Å². The average Bonchev–Trinajstić information content (AvgIpc) is 3.01. The molecule has 0 bridgehead atoms. The predicted molar refractivity (Wildman–Crippen MR) is 98.2 cm³/mol. The van der Waals surface area contributed by atoms with Gasteiger partial charge in [-0.05, 0) is 33.6 Å². The first-order chi connectivity index (χ1) is 11.9. The summed E-state index contributed by atoms with van der Waals surface area (Å²) in [7, 11) is 0. The second-order valence-electron chi connectivity index (χ2n) is 5.48. The number of aliphatic imine (C=N–C) groups is 1. The van der Waals surface area contributed by atoms with Gasteiger partial charge in [-0.3, -0.25) is 9.79 Å². The van der Waals surface area contributed by atoms with Crippen LogP contribution in [0.1, 0.15) is 16.1 Å². The van der Waals surface area contributed by atoms with Crippen LogP contribution in [0.15, 0.2) is 50.5 Å². The van der Waals surface area contributed by atoms with Crippen LogP contribution in [0.4, 0.5) is 14.5 Å². The average molecular weight is 451 g/mol. The second kappa shape index (κ2) is 8.15. The van der Waals surface area contributed by atoms with Gasteiger partial charge in [-0.2, -0.15) is 0 Å². The van der Waals surface area contributed by atoms with E-state index in [1.54, 1.807) is 12.1 Å². The van der Waals surface area contributed by atoms with Crippen molar-refractivity contribution in [3.63, 3.8) is 0 Å². The molecule has 3 N–H and O–H groups in total. The zero-order valence-corrected chi connectivity index (χ0v) is 15.6. The number of ether oxygens (including phenoxy) is 1. The third-order valence-corrected chi connectivity index (χ3v) is 4.10. The molecule has 1 aromatic heterocycles. The summed E-state index contributed by atoms with van der Waals surface area (Å²) >= 11 is 3.18. The lowest BCUT2D eigenvalue weighted by atomic mass is 9.90. The minimum atomic E-state index is -2.82. The van der Waals surface area contributed by atoms with Crippen LogP contribution in [0.25, 0.3) is 0 Å². The Morgan fingerprint density at radius 2 is 2.15 bits per heavy atom. The van der Waals surface area contributed by atoms with Crippen LogP contribution in [0, 0.1) is 0 Å². The Hall–Kier alpha value is -1.97. The van der Waals surface area contributed by atoms with Crippen molar-refractivity contribution in [2.24, 2.45) is 10.7 Å². The SMILES string of the molecule is Cl.NC1=NC(c2cccc(NC(=O)c3cc(Br)co3)c2)(C(F)F)COC1. The maximum atomic E-state index is 13.7. The molecule has 0 radical (unpaired) electrons. The molecular formula is C16H15BrClF2N3O3. The molecule has 3 rings (SSSR count). The number of nitrogens with zero attached hydrogens (tertiary/aromatic N) is 1. The number of nitrogens with two attached hydrogens (primary N) is 1. The number of carbonyl (C=O) groups is 1. The van der Waals surface area contributed by atoms with E-state index in [9.17, 15) is 13.6 Å². The molecular weight excluding hydrogens is 436 g/mol. The lowest BCUT2D eigenvalue weighted by Gasteiger charge is -2.33. The molecule has 2 aromatic rings. The largest absolute Gasteiger partial charge is 0.458 e. The summed E-state index contributed by atoms with van der Waals surface area (Å²) < 4.78 is 38.4. The molecule has 0 fully saturated rings. The zero-order chi connectivity index (χ0) is 18.0. The fraction of sp³-hybridized carbons (Fsp3) is 0.250. The Kier molecular flexibility index (Phi) is 6.38. The summed E-state index contributed by atoms with van der Waals surface area (Å²) in [4.78, 5) is 16.1. The van der Waals surface area contributed by atoms with E-state index in [4.69, 9.17) is 14.9 Å². The number of furan rings is 1.